The molecular formula is C18H17ClN8O. The van der Waals surface area contributed by atoms with Gasteiger partial charge >= 0.3 is 0 Å². The molecule has 0 aliphatic heterocycles. The lowest BCUT2D eigenvalue weighted by Crippen LogP contribution is -2.27. The second-order valence-corrected chi connectivity index (χ2v) is 6.74. The van der Waals surface area contributed by atoms with Crippen LogP contribution in [0.4, 0.5) is 0 Å². The highest BCUT2D eigenvalue weighted by molar-refractivity contribution is 6.30. The molecule has 0 unspecified atom stereocenters. The van der Waals surface area contributed by atoms with Crippen molar-refractivity contribution in [2.75, 3.05) is 0 Å². The second-order valence-electron chi connectivity index (χ2n) is 6.31. The van der Waals surface area contributed by atoms with E-state index < -0.39 is 0 Å². The minimum atomic E-state index is -0.101. The summed E-state index contributed by atoms with van der Waals surface area (Å²) in [6, 6.07) is 13.1. The van der Waals surface area contributed by atoms with Crippen molar-refractivity contribution in [3.8, 4) is 0 Å². The first-order valence-electron chi connectivity index (χ1n) is 8.70. The van der Waals surface area contributed by atoms with E-state index in [1.807, 2.05) is 53.1 Å². The number of tetrazole rings is 1. The second kappa shape index (κ2) is 8.13. The summed E-state index contributed by atoms with van der Waals surface area (Å²) in [5.74, 6) is 0.476. The SMILES string of the molecule is O=C(C[C@H](Cn1cnnn1)c1ccc(Cl)cc1)NCc1nnc2ccccn12. The van der Waals surface area contributed by atoms with E-state index in [4.69, 9.17) is 11.6 Å². The molecule has 0 saturated heterocycles. The van der Waals surface area contributed by atoms with Crippen molar-refractivity contribution in [2.24, 2.45) is 0 Å². The zero-order valence-electron chi connectivity index (χ0n) is 14.8. The Balaban J connectivity index is 1.44. The average Bonchev–Trinajstić information content (AvgIpc) is 3.36. The fourth-order valence-corrected chi connectivity index (χ4v) is 3.12. The lowest BCUT2D eigenvalue weighted by molar-refractivity contribution is -0.121. The minimum absolute atomic E-state index is 0.0966. The standard InChI is InChI=1S/C18H17ClN8O/c19-15-6-4-13(5-7-15)14(11-26-12-21-24-25-26)9-18(28)20-10-17-23-22-16-3-1-2-8-27(16)17/h1-8,12,14H,9-11H2,(H,20,28)/t14-/m1/s1. The van der Waals surface area contributed by atoms with Gasteiger partial charge < -0.3 is 5.32 Å². The van der Waals surface area contributed by atoms with E-state index in [-0.39, 0.29) is 18.2 Å². The number of rotatable bonds is 7. The van der Waals surface area contributed by atoms with Gasteiger partial charge in [0.1, 0.15) is 6.33 Å². The molecule has 0 saturated carbocycles. The van der Waals surface area contributed by atoms with E-state index in [0.717, 1.165) is 11.2 Å². The smallest absolute Gasteiger partial charge is 0.221 e. The summed E-state index contributed by atoms with van der Waals surface area (Å²) < 4.78 is 3.45. The van der Waals surface area contributed by atoms with Gasteiger partial charge in [0.15, 0.2) is 11.5 Å². The Morgan fingerprint density at radius 2 is 2.00 bits per heavy atom. The summed E-state index contributed by atoms with van der Waals surface area (Å²) in [6.07, 6.45) is 3.67. The number of hydrogen-bond acceptors (Lipinski definition) is 6. The van der Waals surface area contributed by atoms with Gasteiger partial charge in [-0.2, -0.15) is 0 Å². The Labute approximate surface area is 165 Å². The van der Waals surface area contributed by atoms with Crippen LogP contribution in [0.15, 0.2) is 55.0 Å². The maximum absolute atomic E-state index is 12.6. The van der Waals surface area contributed by atoms with Crippen LogP contribution in [0.3, 0.4) is 0 Å². The highest BCUT2D eigenvalue weighted by Crippen LogP contribution is 2.23. The molecule has 0 bridgehead atoms. The van der Waals surface area contributed by atoms with E-state index in [1.165, 1.54) is 6.33 Å². The summed E-state index contributed by atoms with van der Waals surface area (Å²) in [5, 5.41) is 23.0. The highest BCUT2D eigenvalue weighted by Gasteiger charge is 2.18. The monoisotopic (exact) mass is 396 g/mol. The van der Waals surface area contributed by atoms with E-state index in [0.29, 0.717) is 23.9 Å². The van der Waals surface area contributed by atoms with Crippen molar-refractivity contribution in [3.63, 3.8) is 0 Å². The van der Waals surface area contributed by atoms with Gasteiger partial charge in [-0.3, -0.25) is 9.20 Å². The molecular weight excluding hydrogens is 380 g/mol. The molecule has 1 amide bonds. The summed E-state index contributed by atoms with van der Waals surface area (Å²) in [4.78, 5) is 12.6. The summed E-state index contributed by atoms with van der Waals surface area (Å²) in [6.45, 7) is 0.776. The van der Waals surface area contributed by atoms with Crippen LogP contribution in [-0.4, -0.2) is 40.7 Å². The largest absolute Gasteiger partial charge is 0.349 e. The maximum atomic E-state index is 12.6. The normalized spacial score (nSPS) is 12.2. The number of benzene rings is 1. The van der Waals surface area contributed by atoms with E-state index in [9.17, 15) is 4.79 Å². The Bertz CT molecular complexity index is 1060. The molecule has 0 aliphatic rings. The first-order chi connectivity index (χ1) is 13.7. The molecule has 0 fully saturated rings. The van der Waals surface area contributed by atoms with Gasteiger partial charge in [0.25, 0.3) is 0 Å². The lowest BCUT2D eigenvalue weighted by atomic mass is 9.95. The predicted octanol–water partition coefficient (Wildman–Crippen LogP) is 1.86. The van der Waals surface area contributed by atoms with Gasteiger partial charge in [-0.1, -0.05) is 29.8 Å². The van der Waals surface area contributed by atoms with Crippen LogP contribution in [0.2, 0.25) is 5.02 Å². The summed E-state index contributed by atoms with van der Waals surface area (Å²) in [7, 11) is 0. The van der Waals surface area contributed by atoms with Crippen molar-refractivity contribution in [1.82, 2.24) is 40.1 Å². The van der Waals surface area contributed by atoms with Crippen LogP contribution >= 0.6 is 11.6 Å². The van der Waals surface area contributed by atoms with Gasteiger partial charge in [0, 0.05) is 23.6 Å². The Morgan fingerprint density at radius 3 is 2.79 bits per heavy atom. The van der Waals surface area contributed by atoms with Gasteiger partial charge in [-0.05, 0) is 40.3 Å². The van der Waals surface area contributed by atoms with Crippen LogP contribution in [0.5, 0.6) is 0 Å². The third-order valence-electron chi connectivity index (χ3n) is 4.40. The van der Waals surface area contributed by atoms with Crippen molar-refractivity contribution in [3.05, 3.63) is 71.4 Å². The van der Waals surface area contributed by atoms with Crippen LogP contribution < -0.4 is 5.32 Å². The number of aromatic nitrogens is 7. The number of carbonyl (C=O) groups is 1. The Hall–Kier alpha value is -3.33. The zero-order valence-corrected chi connectivity index (χ0v) is 15.6. The first-order valence-corrected chi connectivity index (χ1v) is 9.08. The average molecular weight is 397 g/mol. The van der Waals surface area contributed by atoms with Crippen molar-refractivity contribution in [2.45, 2.75) is 25.4 Å². The molecule has 0 aliphatic carbocycles. The quantitative estimate of drug-likeness (QED) is 0.511. The van der Waals surface area contributed by atoms with E-state index >= 15 is 0 Å². The summed E-state index contributed by atoms with van der Waals surface area (Å²) in [5.41, 5.74) is 1.73. The van der Waals surface area contributed by atoms with Crippen molar-refractivity contribution >= 4 is 23.2 Å². The summed E-state index contributed by atoms with van der Waals surface area (Å²) >= 11 is 5.99. The van der Waals surface area contributed by atoms with Gasteiger partial charge in [0.2, 0.25) is 5.91 Å². The van der Waals surface area contributed by atoms with E-state index in [2.05, 4.69) is 31.0 Å². The van der Waals surface area contributed by atoms with Crippen LogP contribution in [-0.2, 0) is 17.9 Å². The third kappa shape index (κ3) is 4.15. The fraction of sp³-hybridized carbons (Fsp3) is 0.222. The highest BCUT2D eigenvalue weighted by atomic mass is 35.5. The zero-order chi connectivity index (χ0) is 19.3. The molecule has 1 N–H and O–H groups in total. The molecule has 4 aromatic rings. The molecule has 1 aromatic carbocycles. The molecule has 3 aromatic heterocycles. The lowest BCUT2D eigenvalue weighted by Gasteiger charge is -2.17. The molecule has 0 radical (unpaired) electrons. The van der Waals surface area contributed by atoms with Crippen LogP contribution in [0, 0.1) is 0 Å². The number of nitrogens with one attached hydrogen (secondary N) is 1. The molecule has 3 heterocycles. The van der Waals surface area contributed by atoms with E-state index in [1.54, 1.807) is 4.68 Å². The van der Waals surface area contributed by atoms with Gasteiger partial charge in [-0.15, -0.1) is 15.3 Å². The molecule has 1 atom stereocenters. The number of amides is 1. The number of hydrogen-bond donors (Lipinski definition) is 1. The molecule has 10 heteroatoms. The number of carbonyl (C=O) groups excluding carboxylic acids is 1. The number of pyridine rings is 1. The fourth-order valence-electron chi connectivity index (χ4n) is 3.00. The third-order valence-corrected chi connectivity index (χ3v) is 4.65. The minimum Gasteiger partial charge on any atom is -0.349 e. The maximum Gasteiger partial charge on any atom is 0.221 e. The van der Waals surface area contributed by atoms with Gasteiger partial charge in [-0.25, -0.2) is 4.68 Å². The molecule has 4 rings (SSSR count). The van der Waals surface area contributed by atoms with Crippen LogP contribution in [0.25, 0.3) is 5.65 Å². The topological polar surface area (TPSA) is 103 Å². The Morgan fingerprint density at radius 1 is 1.14 bits per heavy atom. The predicted molar refractivity (Wildman–Crippen MR) is 101 cm³/mol. The number of fused-ring (bicyclic) bond motifs is 1. The Kier molecular flexibility index (Phi) is 5.24. The van der Waals surface area contributed by atoms with Crippen molar-refractivity contribution < 1.29 is 4.79 Å². The number of nitrogens with zero attached hydrogens (tertiary/aromatic N) is 7. The molecule has 0 spiro atoms. The van der Waals surface area contributed by atoms with Crippen LogP contribution in [0.1, 0.15) is 23.7 Å². The van der Waals surface area contributed by atoms with Crippen molar-refractivity contribution in [1.29, 1.82) is 0 Å². The molecule has 142 valence electrons. The molecule has 9 nitrogen and oxygen atoms in total. The van der Waals surface area contributed by atoms with Gasteiger partial charge in [0.05, 0.1) is 13.1 Å². The first kappa shape index (κ1) is 18.1. The number of halogens is 1. The molecule has 28 heavy (non-hydrogen) atoms.